The molecule has 0 aromatic heterocycles. The summed E-state index contributed by atoms with van der Waals surface area (Å²) in [6.07, 6.45) is 10.6. The fourth-order valence-corrected chi connectivity index (χ4v) is 7.00. The predicted molar refractivity (Wildman–Crippen MR) is 203 cm³/mol. The van der Waals surface area contributed by atoms with Gasteiger partial charge in [0.2, 0.25) is 0 Å². The lowest BCUT2D eigenvalue weighted by Crippen LogP contribution is -2.08. The van der Waals surface area contributed by atoms with E-state index in [1.165, 1.54) is 54.1 Å². The third-order valence-electron chi connectivity index (χ3n) is 8.45. The number of hydrogen-bond donors (Lipinski definition) is 0. The van der Waals surface area contributed by atoms with Gasteiger partial charge in [0, 0.05) is 5.92 Å². The van der Waals surface area contributed by atoms with E-state index >= 15 is 0 Å². The third-order valence-corrected chi connectivity index (χ3v) is 9.80. The van der Waals surface area contributed by atoms with E-state index in [1.807, 2.05) is 57.2 Å². The molecule has 1 saturated carbocycles. The minimum Gasteiger partial charge on any atom is -0.501 e. The maximum atomic E-state index is 5.39. The largest absolute Gasteiger partial charge is 0.501 e. The second-order valence-corrected chi connectivity index (χ2v) is 13.4. The molecule has 4 atom stereocenters. The van der Waals surface area contributed by atoms with E-state index in [0.717, 1.165) is 38.3 Å². The quantitative estimate of drug-likeness (QED) is 0.108. The van der Waals surface area contributed by atoms with Crippen LogP contribution < -0.4 is 5.30 Å². The third kappa shape index (κ3) is 15.1. The van der Waals surface area contributed by atoms with E-state index in [2.05, 4.69) is 112 Å². The maximum absolute atomic E-state index is 5.39. The summed E-state index contributed by atoms with van der Waals surface area (Å²) >= 11 is 0. The second-order valence-electron chi connectivity index (χ2n) is 12.1. The van der Waals surface area contributed by atoms with Gasteiger partial charge in [-0.2, -0.15) is 0 Å². The van der Waals surface area contributed by atoms with Gasteiger partial charge >= 0.3 is 0 Å². The van der Waals surface area contributed by atoms with Crippen LogP contribution in [0.4, 0.5) is 0 Å². The molecule has 1 aliphatic carbocycles. The van der Waals surface area contributed by atoms with E-state index in [1.54, 1.807) is 7.11 Å². The first-order valence-electron chi connectivity index (χ1n) is 17.1. The van der Waals surface area contributed by atoms with Gasteiger partial charge in [0.15, 0.2) is 0 Å². The summed E-state index contributed by atoms with van der Waals surface area (Å²) in [7, 11) is 2.50. The van der Waals surface area contributed by atoms with Crippen LogP contribution in [0, 0.1) is 17.8 Å². The molecule has 4 aromatic carbocycles. The molecule has 0 N–H and O–H groups in total. The van der Waals surface area contributed by atoms with Crippen molar-refractivity contribution in [1.82, 2.24) is 0 Å². The van der Waals surface area contributed by atoms with Crippen molar-refractivity contribution in [3.8, 4) is 0 Å². The summed E-state index contributed by atoms with van der Waals surface area (Å²) in [6, 6.07) is 42.3. The van der Waals surface area contributed by atoms with Crippen molar-refractivity contribution in [2.24, 2.45) is 17.8 Å². The molecule has 3 unspecified atom stereocenters. The molecule has 0 bridgehead atoms. The Morgan fingerprint density at radius 3 is 1.84 bits per heavy atom. The van der Waals surface area contributed by atoms with Gasteiger partial charge < -0.3 is 4.74 Å². The Balaban J connectivity index is 0.000000303. The van der Waals surface area contributed by atoms with Gasteiger partial charge in [-0.1, -0.05) is 190 Å². The highest BCUT2D eigenvalue weighted by Crippen LogP contribution is 2.34. The summed E-state index contributed by atoms with van der Waals surface area (Å²) in [5, 5.41) is 1.41. The van der Waals surface area contributed by atoms with Crippen molar-refractivity contribution in [1.29, 1.82) is 0 Å². The van der Waals surface area contributed by atoms with Crippen LogP contribution in [0.15, 0.2) is 127 Å². The molecule has 0 radical (unpaired) electrons. The van der Waals surface area contributed by atoms with E-state index in [9.17, 15) is 0 Å². The van der Waals surface area contributed by atoms with Crippen LogP contribution in [-0.2, 0) is 4.74 Å². The normalized spacial score (nSPS) is 17.0. The van der Waals surface area contributed by atoms with Crippen LogP contribution in [0.5, 0.6) is 0 Å². The van der Waals surface area contributed by atoms with Crippen LogP contribution in [0.2, 0.25) is 0 Å². The Kier molecular flexibility index (Phi) is 19.6. The highest BCUT2D eigenvalue weighted by molar-refractivity contribution is 7.47. The van der Waals surface area contributed by atoms with Gasteiger partial charge in [0.1, 0.15) is 0 Å². The van der Waals surface area contributed by atoms with Crippen LogP contribution in [0.1, 0.15) is 96.3 Å². The van der Waals surface area contributed by atoms with Gasteiger partial charge in [-0.15, -0.1) is 0 Å². The standard InChI is InChI=1S/C24H25OP.C11H22.C6H6.C2H6/c1-19(25-2)17-21-13-9-10-16-23(21)24(20-11-5-3-6-12-20)18-26-22-14-7-4-8-15-22;1-9(2)11-6-4-5-10(3)7-8-11;1-2-4-6-5-3-1;1-2/h3-17,24,26H,18H2,1-2H3;9-11H,4-8H2,1-3H3;1-6H;1-2H3/b19-17+;;;/t;10-,11?;;/m.0../s1. The lowest BCUT2D eigenvalue weighted by molar-refractivity contribution is 0.297. The fraction of sp³-hybridized carbons (Fsp3) is 0.395. The molecule has 0 heterocycles. The molecule has 242 valence electrons. The van der Waals surface area contributed by atoms with Crippen LogP contribution in [0.3, 0.4) is 0 Å². The van der Waals surface area contributed by atoms with Gasteiger partial charge in [-0.25, -0.2) is 0 Å². The molecule has 4 aromatic rings. The maximum Gasteiger partial charge on any atom is 0.0930 e. The van der Waals surface area contributed by atoms with E-state index in [-0.39, 0.29) is 0 Å². The van der Waals surface area contributed by atoms with E-state index in [0.29, 0.717) is 5.92 Å². The lowest BCUT2D eigenvalue weighted by atomic mass is 9.89. The van der Waals surface area contributed by atoms with Crippen molar-refractivity contribution >= 4 is 20.0 Å². The number of ether oxygens (including phenoxy) is 1. The first kappa shape index (κ1) is 38.0. The van der Waals surface area contributed by atoms with E-state index < -0.39 is 0 Å². The zero-order valence-corrected chi connectivity index (χ0v) is 30.1. The Morgan fingerprint density at radius 2 is 1.27 bits per heavy atom. The summed E-state index contributed by atoms with van der Waals surface area (Å²) in [5.74, 6) is 4.24. The Bertz CT molecular complexity index is 1260. The first-order valence-corrected chi connectivity index (χ1v) is 18.3. The molecule has 1 aliphatic rings. The lowest BCUT2D eigenvalue weighted by Gasteiger charge is -2.21. The van der Waals surface area contributed by atoms with Crippen molar-refractivity contribution in [2.75, 3.05) is 13.3 Å². The number of allylic oxidation sites excluding steroid dienone is 1. The summed E-state index contributed by atoms with van der Waals surface area (Å²) in [6.45, 7) is 13.2. The Hall–Kier alpha value is -3.15. The van der Waals surface area contributed by atoms with Crippen molar-refractivity contribution < 1.29 is 4.74 Å². The van der Waals surface area contributed by atoms with Gasteiger partial charge in [-0.3, -0.25) is 0 Å². The van der Waals surface area contributed by atoms with Crippen LogP contribution in [-0.4, -0.2) is 13.3 Å². The average molecular weight is 623 g/mol. The van der Waals surface area contributed by atoms with Crippen LogP contribution >= 0.6 is 8.58 Å². The van der Waals surface area contributed by atoms with E-state index in [4.69, 9.17) is 4.74 Å². The number of methoxy groups -OCH3 is 1. The number of benzene rings is 4. The minimum absolute atomic E-state index is 0.367. The molecular weight excluding hydrogens is 563 g/mol. The molecule has 0 spiro atoms. The Labute approximate surface area is 278 Å². The van der Waals surface area contributed by atoms with Crippen LogP contribution in [0.25, 0.3) is 6.08 Å². The second kappa shape index (κ2) is 23.2. The molecule has 1 fully saturated rings. The van der Waals surface area contributed by atoms with Gasteiger partial charge in [-0.05, 0) is 65.3 Å². The highest BCUT2D eigenvalue weighted by Gasteiger charge is 2.18. The highest BCUT2D eigenvalue weighted by atomic mass is 31.1. The number of hydrogen-bond acceptors (Lipinski definition) is 1. The molecule has 45 heavy (non-hydrogen) atoms. The smallest absolute Gasteiger partial charge is 0.0930 e. The SMILES string of the molecule is CC.CC(C)C1CCC[C@H](C)CC1.CO/C(C)=C/c1ccccc1C(CPc1ccccc1)c1ccccc1.c1ccccc1. The van der Waals surface area contributed by atoms with Crippen molar-refractivity contribution in [2.45, 2.75) is 79.6 Å². The minimum atomic E-state index is 0.367. The zero-order chi connectivity index (χ0) is 32.7. The molecule has 0 amide bonds. The molecule has 1 nitrogen and oxygen atoms in total. The molecule has 5 rings (SSSR count). The first-order chi connectivity index (χ1) is 22.0. The molecular formula is C43H59OP. The Morgan fingerprint density at radius 1 is 0.733 bits per heavy atom. The monoisotopic (exact) mass is 622 g/mol. The number of rotatable bonds is 8. The van der Waals surface area contributed by atoms with Gasteiger partial charge in [0.25, 0.3) is 0 Å². The predicted octanol–water partition coefficient (Wildman–Crippen LogP) is 12.4. The average Bonchev–Trinajstić information content (AvgIpc) is 3.33. The zero-order valence-electron chi connectivity index (χ0n) is 29.1. The molecule has 0 aliphatic heterocycles. The molecule has 0 saturated heterocycles. The molecule has 2 heteroatoms. The summed E-state index contributed by atoms with van der Waals surface area (Å²) in [4.78, 5) is 0. The van der Waals surface area contributed by atoms with Crippen molar-refractivity contribution in [3.63, 3.8) is 0 Å². The summed E-state index contributed by atoms with van der Waals surface area (Å²) < 4.78 is 5.39. The topological polar surface area (TPSA) is 9.23 Å². The van der Waals surface area contributed by atoms with Gasteiger partial charge in [0.05, 0.1) is 12.9 Å². The van der Waals surface area contributed by atoms with Crippen molar-refractivity contribution in [3.05, 3.63) is 144 Å². The summed E-state index contributed by atoms with van der Waals surface area (Å²) in [5.41, 5.74) is 3.96. The fourth-order valence-electron chi connectivity index (χ4n) is 5.67.